The maximum absolute atomic E-state index is 2.49. The van der Waals surface area contributed by atoms with Crippen LogP contribution in [0.2, 0.25) is 0 Å². The first-order valence-corrected chi connectivity index (χ1v) is 5.27. The Morgan fingerprint density at radius 3 is 1.69 bits per heavy atom. The molecule has 0 aromatic heterocycles. The molecule has 2 rings (SSSR count). The molecule has 2 fully saturated rings. The number of rotatable bonds is 0. The smallest absolute Gasteiger partial charge is 0.328 e. The SMILES string of the molecule is C[C-](C)C.[CH-]1CC2CCC(C1)C2.[W+2]. The van der Waals surface area contributed by atoms with Gasteiger partial charge in [0.2, 0.25) is 0 Å². The van der Waals surface area contributed by atoms with Crippen molar-refractivity contribution >= 4 is 0 Å². The summed E-state index contributed by atoms with van der Waals surface area (Å²) < 4.78 is 0. The first-order chi connectivity index (χ1) is 5.68. The van der Waals surface area contributed by atoms with E-state index in [1.807, 2.05) is 0 Å². The van der Waals surface area contributed by atoms with Gasteiger partial charge in [-0.3, -0.25) is 0 Å². The minimum atomic E-state index is 0. The van der Waals surface area contributed by atoms with E-state index in [2.05, 4.69) is 27.2 Å². The van der Waals surface area contributed by atoms with Crippen molar-refractivity contribution in [2.75, 3.05) is 0 Å². The summed E-state index contributed by atoms with van der Waals surface area (Å²) in [4.78, 5) is 0. The van der Waals surface area contributed by atoms with Gasteiger partial charge in [-0.1, -0.05) is 31.1 Å². The van der Waals surface area contributed by atoms with Crippen molar-refractivity contribution in [3.63, 3.8) is 0 Å². The Morgan fingerprint density at radius 2 is 1.38 bits per heavy atom. The van der Waals surface area contributed by atoms with E-state index in [0.717, 1.165) is 11.8 Å². The second kappa shape index (κ2) is 7.04. The molecule has 0 aromatic carbocycles. The predicted molar refractivity (Wildman–Crippen MR) is 54.6 cm³/mol. The largest absolute Gasteiger partial charge is 2.00 e. The molecule has 0 aliphatic heterocycles. The van der Waals surface area contributed by atoms with Crippen LogP contribution in [0.25, 0.3) is 0 Å². The molecule has 2 aliphatic rings. The summed E-state index contributed by atoms with van der Waals surface area (Å²) >= 11 is 0. The van der Waals surface area contributed by atoms with Crippen molar-refractivity contribution < 1.29 is 21.1 Å². The van der Waals surface area contributed by atoms with Crippen molar-refractivity contribution in [3.8, 4) is 0 Å². The Kier molecular flexibility index (Phi) is 7.42. The first-order valence-electron chi connectivity index (χ1n) is 5.27. The molecular formula is C12H22W. The van der Waals surface area contributed by atoms with Gasteiger partial charge in [-0.15, -0.1) is 0 Å². The van der Waals surface area contributed by atoms with Crippen molar-refractivity contribution in [2.45, 2.75) is 52.9 Å². The quantitative estimate of drug-likeness (QED) is 0.579. The Labute approximate surface area is 98.1 Å². The molecule has 0 spiro atoms. The van der Waals surface area contributed by atoms with Crippen molar-refractivity contribution in [2.24, 2.45) is 11.8 Å². The van der Waals surface area contributed by atoms with Crippen molar-refractivity contribution in [1.82, 2.24) is 0 Å². The Bertz CT molecular complexity index is 104. The Hall–Kier alpha value is 0.688. The van der Waals surface area contributed by atoms with E-state index in [0.29, 0.717) is 0 Å². The van der Waals surface area contributed by atoms with E-state index in [4.69, 9.17) is 0 Å². The van der Waals surface area contributed by atoms with Gasteiger partial charge in [0.15, 0.2) is 0 Å². The van der Waals surface area contributed by atoms with E-state index in [1.54, 1.807) is 6.42 Å². The molecule has 0 N–H and O–H groups in total. The Morgan fingerprint density at radius 1 is 1.00 bits per heavy atom. The van der Waals surface area contributed by atoms with Crippen LogP contribution in [0.4, 0.5) is 0 Å². The molecule has 0 amide bonds. The van der Waals surface area contributed by atoms with Crippen LogP contribution in [0.5, 0.6) is 0 Å². The van der Waals surface area contributed by atoms with Gasteiger partial charge >= 0.3 is 21.1 Å². The fraction of sp³-hybridized carbons (Fsp3) is 0.833. The molecule has 76 valence electrons. The maximum Gasteiger partial charge on any atom is 2.00 e. The number of hydrogen-bond acceptors (Lipinski definition) is 0. The molecule has 2 aliphatic carbocycles. The van der Waals surface area contributed by atoms with Crippen LogP contribution >= 0.6 is 0 Å². The summed E-state index contributed by atoms with van der Waals surface area (Å²) in [6, 6.07) is 0. The molecule has 0 radical (unpaired) electrons. The summed E-state index contributed by atoms with van der Waals surface area (Å²) in [5, 5.41) is 0. The summed E-state index contributed by atoms with van der Waals surface area (Å²) in [5.74, 6) is 3.63. The zero-order chi connectivity index (χ0) is 8.97. The third-order valence-electron chi connectivity index (χ3n) is 2.65. The van der Waals surface area contributed by atoms with Crippen LogP contribution in [0, 0.1) is 24.2 Å². The summed E-state index contributed by atoms with van der Waals surface area (Å²) in [6.45, 7) is 6.25. The second-order valence-electron chi connectivity index (χ2n) is 4.81. The predicted octanol–water partition coefficient (Wildman–Crippen LogP) is 4.02. The fourth-order valence-electron chi connectivity index (χ4n) is 2.17. The molecule has 0 heterocycles. The third-order valence-corrected chi connectivity index (χ3v) is 2.65. The van der Waals surface area contributed by atoms with E-state index in [9.17, 15) is 0 Å². The number of fused-ring (bicyclic) bond motifs is 2. The summed E-state index contributed by atoms with van der Waals surface area (Å²) in [5.41, 5.74) is 0. The summed E-state index contributed by atoms with van der Waals surface area (Å²) in [7, 11) is 0. The topological polar surface area (TPSA) is 0 Å². The van der Waals surface area contributed by atoms with Gasteiger partial charge in [-0.2, -0.15) is 33.6 Å². The normalized spacial score (nSPS) is 30.5. The minimum Gasteiger partial charge on any atom is -0.328 e. The van der Waals surface area contributed by atoms with Gasteiger partial charge < -0.3 is 12.3 Å². The minimum absolute atomic E-state index is 0. The van der Waals surface area contributed by atoms with Crippen LogP contribution < -0.4 is 0 Å². The third kappa shape index (κ3) is 5.89. The molecule has 0 aromatic rings. The molecule has 2 bridgehead atoms. The van der Waals surface area contributed by atoms with Gasteiger partial charge in [0.25, 0.3) is 0 Å². The molecule has 2 unspecified atom stereocenters. The van der Waals surface area contributed by atoms with Crippen LogP contribution in [0.15, 0.2) is 0 Å². The van der Waals surface area contributed by atoms with E-state index in [-0.39, 0.29) is 21.1 Å². The first kappa shape index (κ1) is 13.7. The average Bonchev–Trinajstić information content (AvgIpc) is 2.30. The van der Waals surface area contributed by atoms with E-state index in [1.165, 1.54) is 31.6 Å². The van der Waals surface area contributed by atoms with Crippen LogP contribution in [-0.2, 0) is 21.1 Å². The molecule has 13 heavy (non-hydrogen) atoms. The molecule has 0 nitrogen and oxygen atoms in total. The Balaban J connectivity index is 0.000000256. The monoisotopic (exact) mass is 350 g/mol. The standard InChI is InChI=1S/C8H13.C4H9.W/c1-2-7-4-5-8(3-1)6-7;1-4(2)3;/h1,7-8H,2-6H2;1-3H3;/q2*-1;+2. The van der Waals surface area contributed by atoms with E-state index >= 15 is 0 Å². The number of hydrogen-bond donors (Lipinski definition) is 0. The molecular weight excluding hydrogens is 328 g/mol. The molecule has 2 atom stereocenters. The van der Waals surface area contributed by atoms with Crippen molar-refractivity contribution in [1.29, 1.82) is 0 Å². The molecule has 1 heteroatoms. The van der Waals surface area contributed by atoms with Gasteiger partial charge in [0.05, 0.1) is 0 Å². The van der Waals surface area contributed by atoms with Crippen molar-refractivity contribution in [3.05, 3.63) is 12.3 Å². The van der Waals surface area contributed by atoms with Gasteiger partial charge in [0, 0.05) is 0 Å². The van der Waals surface area contributed by atoms with Gasteiger partial charge in [-0.25, -0.2) is 0 Å². The summed E-state index contributed by atoms with van der Waals surface area (Å²) in [6.07, 6.45) is 9.96. The fourth-order valence-corrected chi connectivity index (χ4v) is 2.17. The van der Waals surface area contributed by atoms with E-state index < -0.39 is 0 Å². The van der Waals surface area contributed by atoms with Crippen LogP contribution in [0.3, 0.4) is 0 Å². The second-order valence-corrected chi connectivity index (χ2v) is 4.81. The zero-order valence-electron chi connectivity index (χ0n) is 9.18. The van der Waals surface area contributed by atoms with Crippen LogP contribution in [0.1, 0.15) is 52.9 Å². The molecule has 2 saturated carbocycles. The maximum atomic E-state index is 2.49. The van der Waals surface area contributed by atoms with Gasteiger partial charge in [0.1, 0.15) is 0 Å². The zero-order valence-corrected chi connectivity index (χ0v) is 12.1. The average molecular weight is 350 g/mol. The van der Waals surface area contributed by atoms with Crippen LogP contribution in [-0.4, -0.2) is 0 Å². The van der Waals surface area contributed by atoms with Gasteiger partial charge in [-0.05, 0) is 0 Å². The molecule has 0 saturated heterocycles.